The molecule has 4 heterocycles. The number of rotatable bonds is 5. The quantitative estimate of drug-likeness (QED) is 0.363. The van der Waals surface area contributed by atoms with E-state index in [4.69, 9.17) is 0 Å². The van der Waals surface area contributed by atoms with Crippen molar-refractivity contribution in [1.29, 1.82) is 0 Å². The molecule has 0 bridgehead atoms. The first-order chi connectivity index (χ1) is 18.5. The molecule has 0 atom stereocenters. The Morgan fingerprint density at radius 1 is 1.03 bits per heavy atom. The molecule has 1 fully saturated rings. The van der Waals surface area contributed by atoms with Crippen LogP contribution < -0.4 is 16.2 Å². The molecule has 4 aromatic rings. The fourth-order valence-corrected chi connectivity index (χ4v) is 4.78. The smallest absolute Gasteiger partial charge is 0.324 e. The Balaban J connectivity index is 1.47. The van der Waals surface area contributed by atoms with Crippen molar-refractivity contribution in [3.63, 3.8) is 0 Å². The lowest BCUT2D eigenvalue weighted by atomic mass is 10.0. The highest BCUT2D eigenvalue weighted by atomic mass is 19.4. The van der Waals surface area contributed by atoms with E-state index in [9.17, 15) is 31.1 Å². The van der Waals surface area contributed by atoms with Gasteiger partial charge in [-0.1, -0.05) is 6.07 Å². The van der Waals surface area contributed by atoms with E-state index < -0.39 is 35.7 Å². The van der Waals surface area contributed by atoms with Crippen LogP contribution in [0.2, 0.25) is 0 Å². The largest absolute Gasteiger partial charge is 0.408 e. The topological polar surface area (TPSA) is 103 Å². The summed E-state index contributed by atoms with van der Waals surface area (Å²) < 4.78 is 82.7. The molecule has 15 heteroatoms. The number of benzene rings is 1. The summed E-state index contributed by atoms with van der Waals surface area (Å²) in [5, 5.41) is 6.00. The van der Waals surface area contributed by atoms with Crippen molar-refractivity contribution < 1.29 is 26.3 Å². The monoisotopic (exact) mass is 550 g/mol. The van der Waals surface area contributed by atoms with Crippen LogP contribution in [0.4, 0.5) is 38.0 Å². The van der Waals surface area contributed by atoms with E-state index >= 15 is 0 Å². The molecule has 2 aliphatic rings. The van der Waals surface area contributed by atoms with Gasteiger partial charge in [0.2, 0.25) is 5.95 Å². The number of hydrogen-bond acceptors (Lipinski definition) is 7. The molecule has 1 aliphatic heterocycles. The Labute approximate surface area is 215 Å². The van der Waals surface area contributed by atoms with Gasteiger partial charge in [-0.2, -0.15) is 31.3 Å². The number of halogens is 6. The maximum atomic E-state index is 13.7. The molecule has 0 saturated heterocycles. The van der Waals surface area contributed by atoms with Crippen LogP contribution in [0.1, 0.15) is 29.8 Å². The van der Waals surface area contributed by atoms with Gasteiger partial charge in [0, 0.05) is 30.7 Å². The summed E-state index contributed by atoms with van der Waals surface area (Å²) in [6.07, 6.45) is -6.97. The van der Waals surface area contributed by atoms with Crippen LogP contribution in [0.3, 0.4) is 0 Å². The van der Waals surface area contributed by atoms with Gasteiger partial charge in [-0.05, 0) is 49.1 Å². The lowest BCUT2D eigenvalue weighted by Gasteiger charge is -2.19. The molecule has 1 aliphatic carbocycles. The third kappa shape index (κ3) is 4.49. The van der Waals surface area contributed by atoms with Crippen LogP contribution in [0.25, 0.3) is 16.9 Å². The minimum atomic E-state index is -4.82. The minimum absolute atomic E-state index is 0.0210. The van der Waals surface area contributed by atoms with Crippen LogP contribution in [-0.2, 0) is 24.9 Å². The number of alkyl halides is 6. The lowest BCUT2D eigenvalue weighted by molar-refractivity contribution is -0.162. The summed E-state index contributed by atoms with van der Waals surface area (Å²) in [6, 6.07) is 6.78. The van der Waals surface area contributed by atoms with Gasteiger partial charge in [0.1, 0.15) is 23.2 Å². The van der Waals surface area contributed by atoms with Crippen molar-refractivity contribution >= 4 is 22.7 Å². The average Bonchev–Trinajstić information content (AvgIpc) is 3.66. The van der Waals surface area contributed by atoms with Gasteiger partial charge in [0.15, 0.2) is 11.5 Å². The third-order valence-electron chi connectivity index (χ3n) is 6.93. The van der Waals surface area contributed by atoms with Crippen LogP contribution in [0.5, 0.6) is 0 Å². The minimum Gasteiger partial charge on any atom is -0.324 e. The Morgan fingerprint density at radius 2 is 1.82 bits per heavy atom. The summed E-state index contributed by atoms with van der Waals surface area (Å²) in [5.74, 6) is -0.945. The summed E-state index contributed by atoms with van der Waals surface area (Å²) in [6.45, 7) is -0.187. The molecule has 0 unspecified atom stereocenters. The lowest BCUT2D eigenvalue weighted by Crippen LogP contribution is -2.32. The molecule has 1 aromatic carbocycles. The van der Waals surface area contributed by atoms with Crippen molar-refractivity contribution in [2.45, 2.75) is 50.1 Å². The Bertz CT molecular complexity index is 1640. The van der Waals surface area contributed by atoms with Crippen molar-refractivity contribution in [3.05, 3.63) is 64.0 Å². The van der Waals surface area contributed by atoms with E-state index in [1.807, 2.05) is 18.2 Å². The third-order valence-corrected chi connectivity index (χ3v) is 6.93. The highest BCUT2D eigenvalue weighted by molar-refractivity contribution is 5.77. The summed E-state index contributed by atoms with van der Waals surface area (Å²) in [5.41, 5.74) is -0.725. The van der Waals surface area contributed by atoms with Crippen LogP contribution in [0.15, 0.2) is 41.5 Å². The second kappa shape index (κ2) is 8.76. The maximum Gasteiger partial charge on any atom is 0.408 e. The summed E-state index contributed by atoms with van der Waals surface area (Å²) in [7, 11) is 0. The van der Waals surface area contributed by atoms with Gasteiger partial charge in [0.25, 0.3) is 5.56 Å². The first-order valence-electron chi connectivity index (χ1n) is 12.0. The SMILES string of the molecule is O=c1c2cnc(Nc3ccc4c(c3)CNCC4)nc2n(-c2ccnc(C3(C(F)(F)F)CC3)n2)n1CC(F)(F)F. The number of anilines is 2. The Hall–Kier alpha value is -4.01. The zero-order chi connectivity index (χ0) is 27.6. The normalized spacial score (nSPS) is 16.8. The Morgan fingerprint density at radius 3 is 2.54 bits per heavy atom. The maximum absolute atomic E-state index is 13.7. The van der Waals surface area contributed by atoms with Gasteiger partial charge < -0.3 is 10.6 Å². The molecule has 204 valence electrons. The van der Waals surface area contributed by atoms with Crippen LogP contribution >= 0.6 is 0 Å². The first kappa shape index (κ1) is 25.3. The summed E-state index contributed by atoms with van der Waals surface area (Å²) in [4.78, 5) is 29.1. The van der Waals surface area contributed by atoms with Gasteiger partial charge in [-0.15, -0.1) is 0 Å². The molecule has 0 spiro atoms. The fraction of sp³-hybridized carbons (Fsp3) is 0.375. The Kier molecular flexibility index (Phi) is 5.68. The van der Waals surface area contributed by atoms with Crippen LogP contribution in [0, 0.1) is 0 Å². The van der Waals surface area contributed by atoms with Gasteiger partial charge in [-0.3, -0.25) is 4.79 Å². The molecule has 9 nitrogen and oxygen atoms in total. The summed E-state index contributed by atoms with van der Waals surface area (Å²) >= 11 is 0. The van der Waals surface area contributed by atoms with Gasteiger partial charge >= 0.3 is 12.4 Å². The molecule has 1 saturated carbocycles. The average molecular weight is 550 g/mol. The van der Waals surface area contributed by atoms with Crippen molar-refractivity contribution in [2.24, 2.45) is 0 Å². The van der Waals surface area contributed by atoms with Crippen LogP contribution in [-0.4, -0.2) is 48.2 Å². The van der Waals surface area contributed by atoms with Crippen molar-refractivity contribution in [2.75, 3.05) is 11.9 Å². The zero-order valence-electron chi connectivity index (χ0n) is 20.1. The second-order valence-corrected chi connectivity index (χ2v) is 9.57. The van der Waals surface area contributed by atoms with Crippen molar-refractivity contribution in [3.8, 4) is 5.82 Å². The molecule has 6 rings (SSSR count). The molecule has 2 N–H and O–H groups in total. The van der Waals surface area contributed by atoms with E-state index in [0.29, 0.717) is 16.9 Å². The van der Waals surface area contributed by atoms with Crippen molar-refractivity contribution in [1.82, 2.24) is 34.6 Å². The standard InChI is InChI=1S/C24H20F6N8O/c25-23(26,27)12-37-19(39)16-11-33-21(34-15-2-1-13-3-7-31-10-14(13)9-15)36-18(16)38(37)17-4-8-32-20(35-17)22(5-6-22)24(28,29)30/h1-2,4,8-9,11,31H,3,5-7,10,12H2,(H,33,34,36). The molecular formula is C24H20F6N8O. The highest BCUT2D eigenvalue weighted by Crippen LogP contribution is 2.57. The molecule has 0 radical (unpaired) electrons. The number of nitrogens with zero attached hydrogens (tertiary/aromatic N) is 6. The zero-order valence-corrected chi connectivity index (χ0v) is 20.1. The van der Waals surface area contributed by atoms with Gasteiger partial charge in [0.05, 0.1) is 0 Å². The molecular weight excluding hydrogens is 530 g/mol. The van der Waals surface area contributed by atoms with Gasteiger partial charge in [-0.25, -0.2) is 24.3 Å². The van der Waals surface area contributed by atoms with E-state index in [-0.39, 0.29) is 35.6 Å². The van der Waals surface area contributed by atoms with E-state index in [0.717, 1.165) is 41.7 Å². The number of nitrogens with one attached hydrogen (secondary N) is 2. The van der Waals surface area contributed by atoms with E-state index in [1.54, 1.807) is 0 Å². The fourth-order valence-electron chi connectivity index (χ4n) is 4.78. The first-order valence-corrected chi connectivity index (χ1v) is 12.0. The number of hydrogen-bond donors (Lipinski definition) is 2. The number of fused-ring (bicyclic) bond motifs is 2. The van der Waals surface area contributed by atoms with E-state index in [2.05, 4.69) is 30.6 Å². The molecule has 39 heavy (non-hydrogen) atoms. The predicted molar refractivity (Wildman–Crippen MR) is 127 cm³/mol. The predicted octanol–water partition coefficient (Wildman–Crippen LogP) is 3.92. The molecule has 0 amide bonds. The van der Waals surface area contributed by atoms with E-state index in [1.165, 1.54) is 5.56 Å². The molecule has 3 aromatic heterocycles. The number of aromatic nitrogens is 6. The highest BCUT2D eigenvalue weighted by Gasteiger charge is 2.66. The second-order valence-electron chi connectivity index (χ2n) is 9.57.